The lowest BCUT2D eigenvalue weighted by atomic mass is 10.1. The number of rotatable bonds is 10. The molecule has 0 amide bonds. The molecule has 0 heterocycles. The minimum Gasteiger partial charge on any atom is -0.502 e. The Morgan fingerprint density at radius 1 is 1.04 bits per heavy atom. The fraction of sp³-hybridized carbons (Fsp3) is 0.471. The Balaban J connectivity index is 3.56. The number of aromatic hydroxyl groups is 1. The van der Waals surface area contributed by atoms with Gasteiger partial charge in [0, 0.05) is 0 Å². The van der Waals surface area contributed by atoms with E-state index in [0.29, 0.717) is 5.56 Å². The summed E-state index contributed by atoms with van der Waals surface area (Å²) < 4.78 is 38.8. The minimum absolute atomic E-state index is 0.0796. The van der Waals surface area contributed by atoms with E-state index >= 15 is 0 Å². The second-order valence-corrected chi connectivity index (χ2v) is 6.85. The molecule has 0 saturated carbocycles. The van der Waals surface area contributed by atoms with Gasteiger partial charge in [-0.05, 0) is 44.5 Å². The van der Waals surface area contributed by atoms with Gasteiger partial charge in [-0.3, -0.25) is 4.57 Å². The number of hydrogen-bond donors (Lipinski definition) is 1. The summed E-state index contributed by atoms with van der Waals surface area (Å²) in [4.78, 5) is 12.4. The fourth-order valence-electron chi connectivity index (χ4n) is 2.13. The predicted molar refractivity (Wildman–Crippen MR) is 96.7 cm³/mol. The van der Waals surface area contributed by atoms with Crippen LogP contribution in [0.15, 0.2) is 17.4 Å². The second kappa shape index (κ2) is 10.2. The van der Waals surface area contributed by atoms with Crippen molar-refractivity contribution in [3.63, 3.8) is 0 Å². The summed E-state index contributed by atoms with van der Waals surface area (Å²) in [5.41, 5.74) is 0.388. The van der Waals surface area contributed by atoms with Gasteiger partial charge in [0.15, 0.2) is 11.5 Å². The molecule has 0 radical (unpaired) electrons. The highest BCUT2D eigenvalue weighted by atomic mass is 31.2. The van der Waals surface area contributed by atoms with E-state index in [1.54, 1.807) is 20.8 Å². The average molecular weight is 388 g/mol. The van der Waals surface area contributed by atoms with Gasteiger partial charge in [-0.2, -0.15) is 0 Å². The maximum Gasteiger partial charge on any atom is 0.368 e. The first-order chi connectivity index (χ1) is 12.4. The molecule has 1 rings (SSSR count). The zero-order valence-electron chi connectivity index (χ0n) is 15.6. The standard InChI is InChI=1S/C17H25O8P/c1-6-23-17(19)15(26(20,24-7-2)25-8-3)11-12-9-13(21-4)16(18)14(10-12)22-5/h9-11,18H,6-8H2,1-5H3/b15-11+. The van der Waals surface area contributed by atoms with Crippen molar-refractivity contribution < 1.29 is 37.7 Å². The molecule has 0 spiro atoms. The average Bonchev–Trinajstić information content (AvgIpc) is 2.61. The van der Waals surface area contributed by atoms with Gasteiger partial charge in [-0.1, -0.05) is 0 Å². The Bertz CT molecular complexity index is 663. The van der Waals surface area contributed by atoms with E-state index in [9.17, 15) is 14.5 Å². The maximum atomic E-state index is 13.1. The molecule has 0 fully saturated rings. The molecule has 9 heteroatoms. The molecule has 1 aromatic rings. The van der Waals surface area contributed by atoms with Crippen LogP contribution >= 0.6 is 7.60 Å². The first-order valence-electron chi connectivity index (χ1n) is 8.10. The van der Waals surface area contributed by atoms with Gasteiger partial charge >= 0.3 is 13.6 Å². The van der Waals surface area contributed by atoms with Crippen molar-refractivity contribution in [2.45, 2.75) is 20.8 Å². The molecule has 0 aliphatic heterocycles. The summed E-state index contributed by atoms with van der Waals surface area (Å²) >= 11 is 0. The Morgan fingerprint density at radius 3 is 1.92 bits per heavy atom. The van der Waals surface area contributed by atoms with Gasteiger partial charge in [0.1, 0.15) is 5.31 Å². The monoisotopic (exact) mass is 388 g/mol. The number of phenolic OH excluding ortho intramolecular Hbond substituents is 1. The predicted octanol–water partition coefficient (Wildman–Crippen LogP) is 3.58. The largest absolute Gasteiger partial charge is 0.502 e. The van der Waals surface area contributed by atoms with Crippen molar-refractivity contribution in [2.75, 3.05) is 34.0 Å². The number of methoxy groups -OCH3 is 2. The third-order valence-corrected chi connectivity index (χ3v) is 5.28. The van der Waals surface area contributed by atoms with E-state index in [-0.39, 0.29) is 42.4 Å². The third-order valence-electron chi connectivity index (χ3n) is 3.18. The molecule has 0 aromatic heterocycles. The number of carbonyl (C=O) groups is 1. The minimum atomic E-state index is -3.90. The number of hydrogen-bond acceptors (Lipinski definition) is 8. The van der Waals surface area contributed by atoms with Crippen LogP contribution in [-0.4, -0.2) is 45.1 Å². The third kappa shape index (κ3) is 5.24. The van der Waals surface area contributed by atoms with Crippen LogP contribution in [0.2, 0.25) is 0 Å². The van der Waals surface area contributed by atoms with Crippen LogP contribution in [-0.2, 0) is 23.1 Å². The van der Waals surface area contributed by atoms with Gasteiger partial charge in [-0.25, -0.2) is 4.79 Å². The van der Waals surface area contributed by atoms with Crippen LogP contribution in [0.5, 0.6) is 17.2 Å². The lowest BCUT2D eigenvalue weighted by molar-refractivity contribution is -0.137. The highest BCUT2D eigenvalue weighted by molar-refractivity contribution is 7.60. The summed E-state index contributed by atoms with van der Waals surface area (Å²) in [7, 11) is -1.15. The lowest BCUT2D eigenvalue weighted by Gasteiger charge is -2.19. The van der Waals surface area contributed by atoms with E-state index in [0.717, 1.165) is 0 Å². The second-order valence-electron chi connectivity index (χ2n) is 4.86. The molecule has 0 bridgehead atoms. The molecular formula is C17H25O8P. The smallest absolute Gasteiger partial charge is 0.368 e. The number of carbonyl (C=O) groups excluding carboxylic acids is 1. The van der Waals surface area contributed by atoms with E-state index in [1.807, 2.05) is 0 Å². The number of phenols is 1. The quantitative estimate of drug-likeness (QED) is 0.369. The van der Waals surface area contributed by atoms with Crippen LogP contribution in [0.4, 0.5) is 0 Å². The molecule has 1 N–H and O–H groups in total. The number of ether oxygens (including phenoxy) is 3. The summed E-state index contributed by atoms with van der Waals surface area (Å²) in [6, 6.07) is 2.92. The van der Waals surface area contributed by atoms with Crippen LogP contribution in [0.3, 0.4) is 0 Å². The lowest BCUT2D eigenvalue weighted by Crippen LogP contribution is -2.11. The molecule has 8 nitrogen and oxygen atoms in total. The highest BCUT2D eigenvalue weighted by Crippen LogP contribution is 2.57. The summed E-state index contributed by atoms with van der Waals surface area (Å²) in [6.45, 7) is 5.17. The first-order valence-corrected chi connectivity index (χ1v) is 9.64. The zero-order valence-corrected chi connectivity index (χ0v) is 16.5. The van der Waals surface area contributed by atoms with Gasteiger partial charge in [-0.15, -0.1) is 0 Å². The van der Waals surface area contributed by atoms with Crippen molar-refractivity contribution >= 4 is 19.6 Å². The number of benzene rings is 1. The zero-order chi connectivity index (χ0) is 19.7. The van der Waals surface area contributed by atoms with E-state index in [2.05, 4.69) is 0 Å². The molecule has 0 aliphatic carbocycles. The summed E-state index contributed by atoms with van der Waals surface area (Å²) in [5.74, 6) is -0.755. The Hall–Kier alpha value is -2.02. The normalized spacial score (nSPS) is 12.0. The summed E-state index contributed by atoms with van der Waals surface area (Å²) in [6.07, 6.45) is 1.31. The van der Waals surface area contributed by atoms with E-state index < -0.39 is 13.6 Å². The molecule has 0 atom stereocenters. The molecule has 26 heavy (non-hydrogen) atoms. The number of esters is 1. The molecule has 146 valence electrons. The molecule has 0 saturated heterocycles. The fourth-order valence-corrected chi connectivity index (χ4v) is 3.75. The molecule has 0 aliphatic rings. The maximum absolute atomic E-state index is 13.1. The Morgan fingerprint density at radius 2 is 1.54 bits per heavy atom. The van der Waals surface area contributed by atoms with Crippen molar-refractivity contribution in [3.8, 4) is 17.2 Å². The van der Waals surface area contributed by atoms with Crippen molar-refractivity contribution in [2.24, 2.45) is 0 Å². The van der Waals surface area contributed by atoms with Crippen molar-refractivity contribution in [1.82, 2.24) is 0 Å². The van der Waals surface area contributed by atoms with Crippen molar-refractivity contribution in [3.05, 3.63) is 23.0 Å². The SMILES string of the molecule is CCOC(=O)/C(=C\c1cc(OC)c(O)c(OC)c1)P(=O)(OCC)OCC. The Kier molecular flexibility index (Phi) is 8.65. The van der Waals surface area contributed by atoms with Gasteiger partial charge in [0.2, 0.25) is 5.75 Å². The van der Waals surface area contributed by atoms with Gasteiger partial charge < -0.3 is 28.4 Å². The topological polar surface area (TPSA) is 101 Å². The molecule has 0 unspecified atom stereocenters. The van der Waals surface area contributed by atoms with Crippen LogP contribution in [0, 0.1) is 0 Å². The van der Waals surface area contributed by atoms with E-state index in [1.165, 1.54) is 32.4 Å². The summed E-state index contributed by atoms with van der Waals surface area (Å²) in [5, 5.41) is 9.75. The molecular weight excluding hydrogens is 363 g/mol. The van der Waals surface area contributed by atoms with Gasteiger partial charge in [0.25, 0.3) is 0 Å². The van der Waals surface area contributed by atoms with Gasteiger partial charge in [0.05, 0.1) is 34.0 Å². The van der Waals surface area contributed by atoms with Crippen LogP contribution < -0.4 is 9.47 Å². The Labute approximate surface area is 153 Å². The van der Waals surface area contributed by atoms with Crippen LogP contribution in [0.1, 0.15) is 26.3 Å². The first kappa shape index (κ1) is 22.0. The van der Waals surface area contributed by atoms with Crippen LogP contribution in [0.25, 0.3) is 6.08 Å². The van der Waals surface area contributed by atoms with Crippen molar-refractivity contribution in [1.29, 1.82) is 0 Å². The molecule has 1 aromatic carbocycles. The van der Waals surface area contributed by atoms with E-state index in [4.69, 9.17) is 23.3 Å². The highest BCUT2D eigenvalue weighted by Gasteiger charge is 2.36.